The summed E-state index contributed by atoms with van der Waals surface area (Å²) in [6.45, 7) is 6.63. The van der Waals surface area contributed by atoms with E-state index in [9.17, 15) is 4.79 Å². The van der Waals surface area contributed by atoms with Gasteiger partial charge in [-0.1, -0.05) is 20.8 Å². The summed E-state index contributed by atoms with van der Waals surface area (Å²) in [6, 6.07) is 0.221. The van der Waals surface area contributed by atoms with Gasteiger partial charge in [0.2, 0.25) is 6.08 Å². The van der Waals surface area contributed by atoms with Crippen LogP contribution in [0.15, 0.2) is 4.99 Å². The van der Waals surface area contributed by atoms with Crippen molar-refractivity contribution in [1.29, 1.82) is 0 Å². The molecule has 0 aromatic rings. The van der Waals surface area contributed by atoms with Gasteiger partial charge in [-0.15, -0.1) is 0 Å². The molecule has 1 aliphatic carbocycles. The standard InChI is InChI=1S/C10H17NO/c1-7-4-8(2)10(11-6-12)9(3)5-7/h7-10H,4-5H2,1-3H3/t7-,8+,9-,10+. The van der Waals surface area contributed by atoms with Gasteiger partial charge in [-0.25, -0.2) is 9.79 Å². The molecule has 0 heterocycles. The van der Waals surface area contributed by atoms with E-state index in [1.54, 1.807) is 6.08 Å². The molecule has 2 heteroatoms. The van der Waals surface area contributed by atoms with E-state index in [0.29, 0.717) is 11.8 Å². The first-order chi connectivity index (χ1) is 5.65. The van der Waals surface area contributed by atoms with Crippen LogP contribution in [0.5, 0.6) is 0 Å². The zero-order valence-electron chi connectivity index (χ0n) is 8.08. The Kier molecular flexibility index (Phi) is 3.05. The molecule has 1 fully saturated rings. The largest absolute Gasteiger partial charge is 0.235 e. The quantitative estimate of drug-likeness (QED) is 0.435. The van der Waals surface area contributed by atoms with Gasteiger partial charge in [0.15, 0.2) is 0 Å². The van der Waals surface area contributed by atoms with Gasteiger partial charge >= 0.3 is 0 Å². The van der Waals surface area contributed by atoms with Crippen molar-refractivity contribution in [2.24, 2.45) is 22.7 Å². The van der Waals surface area contributed by atoms with Crippen LogP contribution in [-0.4, -0.2) is 12.1 Å². The van der Waals surface area contributed by atoms with E-state index in [4.69, 9.17) is 0 Å². The van der Waals surface area contributed by atoms with E-state index in [1.165, 1.54) is 12.8 Å². The Hall–Kier alpha value is -0.620. The molecule has 0 aliphatic heterocycles. The zero-order chi connectivity index (χ0) is 9.14. The minimum Gasteiger partial charge on any atom is -0.211 e. The van der Waals surface area contributed by atoms with Crippen molar-refractivity contribution in [2.45, 2.75) is 39.7 Å². The fourth-order valence-corrected chi connectivity index (χ4v) is 2.52. The second-order valence-electron chi connectivity index (χ2n) is 4.24. The van der Waals surface area contributed by atoms with Gasteiger partial charge in [-0.05, 0) is 30.6 Å². The van der Waals surface area contributed by atoms with E-state index < -0.39 is 0 Å². The smallest absolute Gasteiger partial charge is 0.211 e. The van der Waals surface area contributed by atoms with E-state index in [0.717, 1.165) is 5.92 Å². The van der Waals surface area contributed by atoms with Gasteiger partial charge in [0.25, 0.3) is 0 Å². The summed E-state index contributed by atoms with van der Waals surface area (Å²) in [5, 5.41) is 0. The number of hydrogen-bond acceptors (Lipinski definition) is 2. The second-order valence-corrected chi connectivity index (χ2v) is 4.24. The molecule has 4 atom stereocenters. The third-order valence-corrected chi connectivity index (χ3v) is 2.92. The summed E-state index contributed by atoms with van der Waals surface area (Å²) >= 11 is 0. The highest BCUT2D eigenvalue weighted by atomic mass is 16.1. The van der Waals surface area contributed by atoms with Crippen LogP contribution in [0.25, 0.3) is 0 Å². The highest BCUT2D eigenvalue weighted by Crippen LogP contribution is 2.34. The molecule has 0 aromatic carbocycles. The maximum atomic E-state index is 10.2. The van der Waals surface area contributed by atoms with Crippen molar-refractivity contribution in [1.82, 2.24) is 0 Å². The van der Waals surface area contributed by atoms with Gasteiger partial charge in [-0.2, -0.15) is 0 Å². The SMILES string of the molecule is C[C@H]1C[C@@H](C)[C@@H](N=C=O)[C@@H](C)C1. The average Bonchev–Trinajstić information content (AvgIpc) is 1.96. The summed E-state index contributed by atoms with van der Waals surface area (Å²) in [5.74, 6) is 1.88. The van der Waals surface area contributed by atoms with Gasteiger partial charge in [0, 0.05) is 0 Å². The molecule has 0 saturated heterocycles. The molecular formula is C10H17NO. The Bertz CT molecular complexity index is 184. The van der Waals surface area contributed by atoms with Crippen LogP contribution < -0.4 is 0 Å². The van der Waals surface area contributed by atoms with Crippen LogP contribution in [0.1, 0.15) is 33.6 Å². The number of carbonyl (C=O) groups excluding carboxylic acids is 1. The normalized spacial score (nSPS) is 41.9. The Balaban J connectivity index is 2.66. The van der Waals surface area contributed by atoms with Gasteiger partial charge in [0.1, 0.15) is 0 Å². The van der Waals surface area contributed by atoms with Gasteiger partial charge in [0.05, 0.1) is 6.04 Å². The monoisotopic (exact) mass is 167 g/mol. The zero-order valence-corrected chi connectivity index (χ0v) is 8.08. The fraction of sp³-hybridized carbons (Fsp3) is 0.900. The summed E-state index contributed by atoms with van der Waals surface area (Å²) < 4.78 is 0. The van der Waals surface area contributed by atoms with Crippen LogP contribution in [0.3, 0.4) is 0 Å². The van der Waals surface area contributed by atoms with Crippen molar-refractivity contribution in [3.05, 3.63) is 0 Å². The lowest BCUT2D eigenvalue weighted by Gasteiger charge is -2.34. The molecule has 1 rings (SSSR count). The maximum absolute atomic E-state index is 10.2. The fourth-order valence-electron chi connectivity index (χ4n) is 2.52. The van der Waals surface area contributed by atoms with Crippen LogP contribution in [0, 0.1) is 17.8 Å². The first-order valence-electron chi connectivity index (χ1n) is 4.72. The molecule has 2 nitrogen and oxygen atoms in total. The summed E-state index contributed by atoms with van der Waals surface area (Å²) in [4.78, 5) is 14.0. The highest BCUT2D eigenvalue weighted by Gasteiger charge is 2.30. The van der Waals surface area contributed by atoms with Crippen LogP contribution in [0.4, 0.5) is 0 Å². The van der Waals surface area contributed by atoms with Crippen LogP contribution >= 0.6 is 0 Å². The lowest BCUT2D eigenvalue weighted by atomic mass is 9.74. The molecular weight excluding hydrogens is 150 g/mol. The number of nitrogens with zero attached hydrogens (tertiary/aromatic N) is 1. The number of isocyanates is 1. The van der Waals surface area contributed by atoms with Crippen molar-refractivity contribution in [3.8, 4) is 0 Å². The molecule has 0 amide bonds. The van der Waals surface area contributed by atoms with Crippen molar-refractivity contribution in [2.75, 3.05) is 0 Å². The minimum absolute atomic E-state index is 0.221. The lowest BCUT2D eigenvalue weighted by molar-refractivity contribution is 0.196. The van der Waals surface area contributed by atoms with Crippen LogP contribution in [-0.2, 0) is 4.79 Å². The maximum Gasteiger partial charge on any atom is 0.235 e. The molecule has 68 valence electrons. The molecule has 0 spiro atoms. The molecule has 0 radical (unpaired) electrons. The average molecular weight is 167 g/mol. The van der Waals surface area contributed by atoms with E-state index in [2.05, 4.69) is 25.8 Å². The third kappa shape index (κ3) is 1.95. The molecule has 12 heavy (non-hydrogen) atoms. The number of hydrogen-bond donors (Lipinski definition) is 0. The van der Waals surface area contributed by atoms with E-state index in [-0.39, 0.29) is 6.04 Å². The number of aliphatic imine (C=N–C) groups is 1. The Morgan fingerprint density at radius 2 is 1.67 bits per heavy atom. The van der Waals surface area contributed by atoms with Gasteiger partial charge in [-0.3, -0.25) is 0 Å². The minimum atomic E-state index is 0.221. The Morgan fingerprint density at radius 1 is 1.17 bits per heavy atom. The summed E-state index contributed by atoms with van der Waals surface area (Å²) in [6.07, 6.45) is 4.08. The summed E-state index contributed by atoms with van der Waals surface area (Å²) in [7, 11) is 0. The van der Waals surface area contributed by atoms with Crippen LogP contribution in [0.2, 0.25) is 0 Å². The Morgan fingerprint density at radius 3 is 2.08 bits per heavy atom. The van der Waals surface area contributed by atoms with Crippen molar-refractivity contribution < 1.29 is 4.79 Å². The highest BCUT2D eigenvalue weighted by molar-refractivity contribution is 5.33. The van der Waals surface area contributed by atoms with Crippen molar-refractivity contribution in [3.63, 3.8) is 0 Å². The van der Waals surface area contributed by atoms with E-state index >= 15 is 0 Å². The van der Waals surface area contributed by atoms with Crippen molar-refractivity contribution >= 4 is 6.08 Å². The predicted octanol–water partition coefficient (Wildman–Crippen LogP) is 2.39. The predicted molar refractivity (Wildman–Crippen MR) is 48.6 cm³/mol. The molecule has 1 aliphatic rings. The first kappa shape index (κ1) is 9.47. The van der Waals surface area contributed by atoms with E-state index in [1.807, 2.05) is 0 Å². The molecule has 0 unspecified atom stereocenters. The first-order valence-corrected chi connectivity index (χ1v) is 4.72. The molecule has 0 aromatic heterocycles. The molecule has 0 N–H and O–H groups in total. The summed E-state index contributed by atoms with van der Waals surface area (Å²) in [5.41, 5.74) is 0. The number of rotatable bonds is 1. The topological polar surface area (TPSA) is 29.4 Å². The molecule has 1 saturated carbocycles. The second kappa shape index (κ2) is 3.86. The van der Waals surface area contributed by atoms with Gasteiger partial charge < -0.3 is 0 Å². The molecule has 0 bridgehead atoms. The lowest BCUT2D eigenvalue weighted by Crippen LogP contribution is -2.32. The third-order valence-electron chi connectivity index (χ3n) is 2.92. The Labute approximate surface area is 74.1 Å².